The molecule has 0 bridgehead atoms. The van der Waals surface area contributed by atoms with Crippen molar-refractivity contribution >= 4 is 27.5 Å². The van der Waals surface area contributed by atoms with Gasteiger partial charge in [0.05, 0.1) is 10.2 Å². The van der Waals surface area contributed by atoms with Crippen LogP contribution in [0, 0.1) is 0 Å². The Morgan fingerprint density at radius 2 is 2.05 bits per heavy atom. The van der Waals surface area contributed by atoms with Crippen molar-refractivity contribution in [1.29, 1.82) is 0 Å². The molecule has 5 nitrogen and oxygen atoms in total. The number of rotatable bonds is 6. The summed E-state index contributed by atoms with van der Waals surface area (Å²) in [6, 6.07) is 11.9. The fraction of sp³-hybridized carbons (Fsp3) is 0.250. The van der Waals surface area contributed by atoms with Crippen molar-refractivity contribution in [3.05, 3.63) is 53.0 Å². The Hall–Kier alpha value is -2.02. The second-order valence-electron chi connectivity index (χ2n) is 4.71. The number of fused-ring (bicyclic) bond motifs is 1. The molecule has 1 aromatic carbocycles. The SMILES string of the molecule is CCOC(O)c1nc(NCc2ccccc2)nc2ccsc12. The zero-order chi connectivity index (χ0) is 15.4. The van der Waals surface area contributed by atoms with Crippen LogP contribution in [0.2, 0.25) is 0 Å². The van der Waals surface area contributed by atoms with E-state index in [1.54, 1.807) is 0 Å². The minimum Gasteiger partial charge on any atom is -0.363 e. The Bertz CT molecular complexity index is 745. The molecule has 1 unspecified atom stereocenters. The summed E-state index contributed by atoms with van der Waals surface area (Å²) in [6.07, 6.45) is -1.04. The Labute approximate surface area is 132 Å². The molecule has 0 saturated carbocycles. The van der Waals surface area contributed by atoms with Gasteiger partial charge >= 0.3 is 0 Å². The number of benzene rings is 1. The predicted molar refractivity (Wildman–Crippen MR) is 87.8 cm³/mol. The minimum atomic E-state index is -1.04. The summed E-state index contributed by atoms with van der Waals surface area (Å²) >= 11 is 1.50. The maximum Gasteiger partial charge on any atom is 0.223 e. The van der Waals surface area contributed by atoms with Crippen molar-refractivity contribution in [2.24, 2.45) is 0 Å². The van der Waals surface area contributed by atoms with Gasteiger partial charge in [0.1, 0.15) is 5.69 Å². The number of anilines is 1. The number of nitrogens with one attached hydrogen (secondary N) is 1. The van der Waals surface area contributed by atoms with Crippen LogP contribution in [0.25, 0.3) is 10.2 Å². The third-order valence-electron chi connectivity index (χ3n) is 3.18. The molecule has 1 atom stereocenters. The number of thiophene rings is 1. The van der Waals surface area contributed by atoms with E-state index in [2.05, 4.69) is 15.3 Å². The van der Waals surface area contributed by atoms with Crippen LogP contribution in [0.3, 0.4) is 0 Å². The van der Waals surface area contributed by atoms with Crippen LogP contribution in [-0.2, 0) is 11.3 Å². The van der Waals surface area contributed by atoms with Crippen molar-refractivity contribution in [3.63, 3.8) is 0 Å². The summed E-state index contributed by atoms with van der Waals surface area (Å²) in [4.78, 5) is 8.89. The molecule has 2 heterocycles. The third kappa shape index (κ3) is 3.24. The van der Waals surface area contributed by atoms with Gasteiger partial charge in [-0.1, -0.05) is 30.3 Å². The van der Waals surface area contributed by atoms with Crippen LogP contribution in [-0.4, -0.2) is 21.7 Å². The quantitative estimate of drug-likeness (QED) is 0.683. The standard InChI is InChI=1S/C16H17N3O2S/c1-2-21-15(20)13-14-12(8-9-22-14)18-16(19-13)17-10-11-6-4-3-5-7-11/h3-9,15,20H,2,10H2,1H3,(H,17,18,19). The number of aliphatic hydroxyl groups excluding tert-OH is 1. The lowest BCUT2D eigenvalue weighted by Crippen LogP contribution is -2.10. The van der Waals surface area contributed by atoms with Crippen molar-refractivity contribution in [2.75, 3.05) is 11.9 Å². The Morgan fingerprint density at radius 3 is 2.82 bits per heavy atom. The van der Waals surface area contributed by atoms with Gasteiger partial charge < -0.3 is 15.2 Å². The highest BCUT2D eigenvalue weighted by atomic mass is 32.1. The lowest BCUT2D eigenvalue weighted by atomic mass is 10.2. The van der Waals surface area contributed by atoms with E-state index in [9.17, 15) is 5.11 Å². The monoisotopic (exact) mass is 315 g/mol. The molecular weight excluding hydrogens is 298 g/mol. The van der Waals surface area contributed by atoms with Gasteiger partial charge in [-0.15, -0.1) is 11.3 Å². The largest absolute Gasteiger partial charge is 0.363 e. The molecule has 0 amide bonds. The summed E-state index contributed by atoms with van der Waals surface area (Å²) in [6.45, 7) is 2.88. The van der Waals surface area contributed by atoms with Crippen molar-refractivity contribution < 1.29 is 9.84 Å². The summed E-state index contributed by atoms with van der Waals surface area (Å²) in [7, 11) is 0. The van der Waals surface area contributed by atoms with E-state index >= 15 is 0 Å². The molecule has 0 saturated heterocycles. The van der Waals surface area contributed by atoms with E-state index in [4.69, 9.17) is 4.74 Å². The molecule has 3 rings (SSSR count). The third-order valence-corrected chi connectivity index (χ3v) is 4.11. The van der Waals surface area contributed by atoms with Gasteiger partial charge in [-0.2, -0.15) is 0 Å². The molecular formula is C16H17N3O2S. The van der Waals surface area contributed by atoms with Crippen molar-refractivity contribution in [3.8, 4) is 0 Å². The van der Waals surface area contributed by atoms with Crippen LogP contribution in [0.4, 0.5) is 5.95 Å². The van der Waals surface area contributed by atoms with E-state index in [0.717, 1.165) is 15.8 Å². The molecule has 0 radical (unpaired) electrons. The maximum absolute atomic E-state index is 10.1. The first-order chi connectivity index (χ1) is 10.8. The Balaban J connectivity index is 1.86. The van der Waals surface area contributed by atoms with Crippen LogP contribution >= 0.6 is 11.3 Å². The topological polar surface area (TPSA) is 67.3 Å². The summed E-state index contributed by atoms with van der Waals surface area (Å²) < 4.78 is 6.12. The second-order valence-corrected chi connectivity index (χ2v) is 5.63. The molecule has 0 fully saturated rings. The predicted octanol–water partition coefficient (Wildman–Crippen LogP) is 3.33. The number of hydrogen-bond acceptors (Lipinski definition) is 6. The Kier molecular flexibility index (Phi) is 4.62. The second kappa shape index (κ2) is 6.83. The van der Waals surface area contributed by atoms with Crippen molar-refractivity contribution in [2.45, 2.75) is 19.8 Å². The van der Waals surface area contributed by atoms with Gasteiger partial charge in [-0.3, -0.25) is 0 Å². The van der Waals surface area contributed by atoms with Crippen LogP contribution < -0.4 is 5.32 Å². The van der Waals surface area contributed by atoms with E-state index in [-0.39, 0.29) is 0 Å². The lowest BCUT2D eigenvalue weighted by Gasteiger charge is -2.12. The van der Waals surface area contributed by atoms with Crippen LogP contribution in [0.1, 0.15) is 24.5 Å². The first-order valence-electron chi connectivity index (χ1n) is 7.10. The number of nitrogens with zero attached hydrogens (tertiary/aromatic N) is 2. The Morgan fingerprint density at radius 1 is 1.23 bits per heavy atom. The smallest absolute Gasteiger partial charge is 0.223 e. The van der Waals surface area contributed by atoms with Gasteiger partial charge in [0.25, 0.3) is 0 Å². The molecule has 2 N–H and O–H groups in total. The first-order valence-corrected chi connectivity index (χ1v) is 7.98. The van der Waals surface area contributed by atoms with Gasteiger partial charge in [-0.05, 0) is 23.9 Å². The van der Waals surface area contributed by atoms with Crippen LogP contribution in [0.15, 0.2) is 41.8 Å². The highest BCUT2D eigenvalue weighted by Gasteiger charge is 2.16. The summed E-state index contributed by atoms with van der Waals surface area (Å²) in [5, 5.41) is 15.2. The normalized spacial score (nSPS) is 12.5. The lowest BCUT2D eigenvalue weighted by molar-refractivity contribution is -0.0995. The van der Waals surface area contributed by atoms with E-state index in [1.807, 2.05) is 48.7 Å². The van der Waals surface area contributed by atoms with Gasteiger partial charge in [-0.25, -0.2) is 9.97 Å². The zero-order valence-corrected chi connectivity index (χ0v) is 13.0. The highest BCUT2D eigenvalue weighted by molar-refractivity contribution is 7.17. The number of ether oxygens (including phenoxy) is 1. The molecule has 114 valence electrons. The zero-order valence-electron chi connectivity index (χ0n) is 12.2. The van der Waals surface area contributed by atoms with E-state index in [0.29, 0.717) is 24.8 Å². The maximum atomic E-state index is 10.1. The number of aromatic nitrogens is 2. The number of aliphatic hydroxyl groups is 1. The van der Waals surface area contributed by atoms with E-state index in [1.165, 1.54) is 11.3 Å². The highest BCUT2D eigenvalue weighted by Crippen LogP contribution is 2.28. The fourth-order valence-electron chi connectivity index (χ4n) is 2.15. The molecule has 3 aromatic rings. The molecule has 0 aliphatic carbocycles. The molecule has 0 aliphatic rings. The molecule has 0 aliphatic heterocycles. The fourth-order valence-corrected chi connectivity index (χ4v) is 2.98. The molecule has 2 aromatic heterocycles. The van der Waals surface area contributed by atoms with Gasteiger partial charge in [0.2, 0.25) is 5.95 Å². The number of hydrogen-bond donors (Lipinski definition) is 2. The average molecular weight is 315 g/mol. The molecule has 22 heavy (non-hydrogen) atoms. The van der Waals surface area contributed by atoms with Gasteiger partial charge in [0, 0.05) is 13.2 Å². The van der Waals surface area contributed by atoms with E-state index < -0.39 is 6.29 Å². The minimum absolute atomic E-state index is 0.421. The summed E-state index contributed by atoms with van der Waals surface area (Å²) in [5.41, 5.74) is 2.46. The van der Waals surface area contributed by atoms with Gasteiger partial charge in [0.15, 0.2) is 6.29 Å². The molecule has 0 spiro atoms. The molecule has 6 heteroatoms. The van der Waals surface area contributed by atoms with Crippen molar-refractivity contribution in [1.82, 2.24) is 9.97 Å². The van der Waals surface area contributed by atoms with Crippen LogP contribution in [0.5, 0.6) is 0 Å². The average Bonchev–Trinajstić information content (AvgIpc) is 3.01. The summed E-state index contributed by atoms with van der Waals surface area (Å²) in [5.74, 6) is 0.489. The first kappa shape index (κ1) is 14.9.